The fourth-order valence-corrected chi connectivity index (χ4v) is 5.81. The largest absolute Gasteiger partial charge is 0.439 e. The maximum atomic E-state index is 13.2. The van der Waals surface area contributed by atoms with E-state index in [1.165, 1.54) is 17.1 Å². The molecule has 1 aliphatic heterocycles. The van der Waals surface area contributed by atoms with Crippen molar-refractivity contribution in [1.82, 2.24) is 24.6 Å². The molecule has 0 saturated carbocycles. The first-order valence-electron chi connectivity index (χ1n) is 13.6. The van der Waals surface area contributed by atoms with E-state index in [1.54, 1.807) is 7.05 Å². The van der Waals surface area contributed by atoms with E-state index in [2.05, 4.69) is 52.4 Å². The van der Waals surface area contributed by atoms with E-state index in [1.807, 2.05) is 55.5 Å². The van der Waals surface area contributed by atoms with Crippen molar-refractivity contribution in [3.8, 4) is 22.9 Å². The highest BCUT2D eigenvalue weighted by Crippen LogP contribution is 2.41. The third-order valence-corrected chi connectivity index (χ3v) is 8.45. The van der Waals surface area contributed by atoms with Gasteiger partial charge in [-0.25, -0.2) is 18.1 Å². The van der Waals surface area contributed by atoms with Crippen LogP contribution in [-0.4, -0.2) is 66.3 Å². The maximum absolute atomic E-state index is 13.2. The van der Waals surface area contributed by atoms with Gasteiger partial charge in [0, 0.05) is 56.2 Å². The molecule has 1 saturated heterocycles. The predicted octanol–water partition coefficient (Wildman–Crippen LogP) is 4.83. The van der Waals surface area contributed by atoms with Gasteiger partial charge in [-0.15, -0.1) is 0 Å². The van der Waals surface area contributed by atoms with Crippen LogP contribution in [0, 0.1) is 6.92 Å². The number of likely N-dealkylation sites (N-methyl/N-ethyl adjacent to an activating group) is 1. The molecule has 1 N–H and O–H groups in total. The molecule has 0 aliphatic carbocycles. The number of nitrogens with zero attached hydrogens (tertiary/aromatic N) is 6. The van der Waals surface area contributed by atoms with Gasteiger partial charge in [-0.2, -0.15) is 10.1 Å². The Bertz CT molecular complexity index is 1640. The van der Waals surface area contributed by atoms with Gasteiger partial charge >= 0.3 is 0 Å². The number of hydrogen-bond acceptors (Lipinski definition) is 8. The van der Waals surface area contributed by atoms with Crippen molar-refractivity contribution in [2.75, 3.05) is 42.8 Å². The van der Waals surface area contributed by atoms with Crippen LogP contribution in [0.1, 0.15) is 31.9 Å². The summed E-state index contributed by atoms with van der Waals surface area (Å²) in [4.78, 5) is 14.1. The molecule has 0 radical (unpaired) electrons. The zero-order valence-electron chi connectivity index (χ0n) is 24.4. The first-order valence-corrected chi connectivity index (χ1v) is 15.1. The van der Waals surface area contributed by atoms with E-state index in [4.69, 9.17) is 9.72 Å². The minimum atomic E-state index is -3.98. The Labute approximate surface area is 242 Å². The predicted molar refractivity (Wildman–Crippen MR) is 161 cm³/mol. The van der Waals surface area contributed by atoms with Gasteiger partial charge in [0.25, 0.3) is 10.0 Å². The van der Waals surface area contributed by atoms with Gasteiger partial charge in [-0.05, 0) is 49.2 Å². The van der Waals surface area contributed by atoms with Crippen molar-refractivity contribution in [2.24, 2.45) is 7.05 Å². The Hall–Kier alpha value is -3.96. The smallest absolute Gasteiger partial charge is 0.267 e. The fraction of sp³-hybridized carbons (Fsp3) is 0.367. The van der Waals surface area contributed by atoms with Crippen LogP contribution in [0.15, 0.2) is 65.8 Å². The highest BCUT2D eigenvalue weighted by molar-refractivity contribution is 7.92. The Morgan fingerprint density at radius 3 is 2.22 bits per heavy atom. The summed E-state index contributed by atoms with van der Waals surface area (Å²) in [5, 5.41) is 3.99. The zero-order valence-corrected chi connectivity index (χ0v) is 25.2. The Kier molecular flexibility index (Phi) is 7.76. The second kappa shape index (κ2) is 11.1. The van der Waals surface area contributed by atoms with Gasteiger partial charge in [-0.3, -0.25) is 4.68 Å². The molecule has 2 aromatic heterocycles. The van der Waals surface area contributed by atoms with Gasteiger partial charge in [0.2, 0.25) is 11.8 Å². The molecule has 2 aromatic carbocycles. The fourth-order valence-electron chi connectivity index (χ4n) is 4.89. The molecule has 0 amide bonds. The Balaban J connectivity index is 1.58. The lowest BCUT2D eigenvalue weighted by Gasteiger charge is -2.34. The van der Waals surface area contributed by atoms with Crippen LogP contribution in [0.25, 0.3) is 11.3 Å². The summed E-state index contributed by atoms with van der Waals surface area (Å²) in [6, 6.07) is 15.8. The van der Waals surface area contributed by atoms with Crippen LogP contribution in [0.5, 0.6) is 11.6 Å². The molecule has 0 unspecified atom stereocenters. The molecule has 0 bridgehead atoms. The molecule has 0 atom stereocenters. The molecule has 1 aliphatic rings. The SMILES string of the molecule is Cc1ccccc1-c1nc(NS(=O)(=O)c2cnn(C)c2)nc(Oc2ccc(N3CCN(C)CC3)cc2)c1C(C)(C)C. The summed E-state index contributed by atoms with van der Waals surface area (Å²) >= 11 is 0. The van der Waals surface area contributed by atoms with E-state index in [0.29, 0.717) is 17.3 Å². The highest BCUT2D eigenvalue weighted by Gasteiger charge is 2.30. The number of aryl methyl sites for hydroxylation is 2. The normalized spacial score (nSPS) is 14.7. The Morgan fingerprint density at radius 1 is 0.927 bits per heavy atom. The number of sulfonamides is 1. The van der Waals surface area contributed by atoms with Crippen molar-refractivity contribution in [2.45, 2.75) is 38.0 Å². The monoisotopic (exact) mass is 575 g/mol. The summed E-state index contributed by atoms with van der Waals surface area (Å²) in [6.07, 6.45) is 2.71. The molecule has 3 heterocycles. The lowest BCUT2D eigenvalue weighted by Crippen LogP contribution is -2.44. The van der Waals surface area contributed by atoms with Crippen molar-refractivity contribution in [3.63, 3.8) is 0 Å². The van der Waals surface area contributed by atoms with Crippen LogP contribution >= 0.6 is 0 Å². The van der Waals surface area contributed by atoms with Gasteiger partial charge in [0.15, 0.2) is 0 Å². The van der Waals surface area contributed by atoms with Crippen molar-refractivity contribution in [3.05, 3.63) is 72.1 Å². The molecule has 216 valence electrons. The lowest BCUT2D eigenvalue weighted by atomic mass is 9.84. The molecule has 10 nitrogen and oxygen atoms in total. The highest BCUT2D eigenvalue weighted by atomic mass is 32.2. The summed E-state index contributed by atoms with van der Waals surface area (Å²) in [5.41, 5.74) is 3.97. The number of rotatable bonds is 7. The number of aromatic nitrogens is 4. The van der Waals surface area contributed by atoms with E-state index in [-0.39, 0.29) is 10.8 Å². The minimum absolute atomic E-state index is 0.0166. The van der Waals surface area contributed by atoms with Crippen LogP contribution in [0.3, 0.4) is 0 Å². The third-order valence-electron chi connectivity index (χ3n) is 7.16. The van der Waals surface area contributed by atoms with Crippen molar-refractivity contribution in [1.29, 1.82) is 0 Å². The van der Waals surface area contributed by atoms with Gasteiger partial charge in [0.1, 0.15) is 10.6 Å². The summed E-state index contributed by atoms with van der Waals surface area (Å²) in [6.45, 7) is 12.2. The van der Waals surface area contributed by atoms with Crippen molar-refractivity contribution < 1.29 is 13.2 Å². The second-order valence-electron chi connectivity index (χ2n) is 11.5. The second-order valence-corrected chi connectivity index (χ2v) is 13.2. The quantitative estimate of drug-likeness (QED) is 0.334. The number of ether oxygens (including phenoxy) is 1. The number of piperazine rings is 1. The summed E-state index contributed by atoms with van der Waals surface area (Å²) in [7, 11) is -0.189. The maximum Gasteiger partial charge on any atom is 0.267 e. The van der Waals surface area contributed by atoms with E-state index in [9.17, 15) is 8.42 Å². The summed E-state index contributed by atoms with van der Waals surface area (Å²) < 4.78 is 36.8. The van der Waals surface area contributed by atoms with Gasteiger partial charge in [0.05, 0.1) is 11.9 Å². The lowest BCUT2D eigenvalue weighted by molar-refractivity contribution is 0.313. The third kappa shape index (κ3) is 6.36. The molecule has 0 spiro atoms. The Morgan fingerprint density at radius 2 is 1.61 bits per heavy atom. The van der Waals surface area contributed by atoms with Crippen LogP contribution in [0.2, 0.25) is 0 Å². The average Bonchev–Trinajstić information content (AvgIpc) is 3.36. The van der Waals surface area contributed by atoms with Gasteiger partial charge < -0.3 is 14.5 Å². The molecule has 4 aromatic rings. The summed E-state index contributed by atoms with van der Waals surface area (Å²) in [5.74, 6) is 0.815. The van der Waals surface area contributed by atoms with Gasteiger partial charge in [-0.1, -0.05) is 45.0 Å². The molecule has 1 fully saturated rings. The number of benzene rings is 2. The first-order chi connectivity index (χ1) is 19.4. The van der Waals surface area contributed by atoms with Crippen LogP contribution in [-0.2, 0) is 22.5 Å². The van der Waals surface area contributed by atoms with Crippen molar-refractivity contribution >= 4 is 21.7 Å². The van der Waals surface area contributed by atoms with E-state index >= 15 is 0 Å². The molecule has 11 heteroatoms. The minimum Gasteiger partial charge on any atom is -0.439 e. The zero-order chi connectivity index (χ0) is 29.4. The average molecular weight is 576 g/mol. The molecule has 41 heavy (non-hydrogen) atoms. The number of nitrogens with one attached hydrogen (secondary N) is 1. The molecular weight excluding hydrogens is 538 g/mol. The first kappa shape index (κ1) is 28.6. The molecule has 5 rings (SSSR count). The van der Waals surface area contributed by atoms with E-state index in [0.717, 1.165) is 48.6 Å². The molecular formula is C30H37N7O3S. The van der Waals surface area contributed by atoms with Crippen LogP contribution in [0.4, 0.5) is 11.6 Å². The number of hydrogen-bond donors (Lipinski definition) is 1. The standard InChI is InChI=1S/C30H37N7O3S/c1-21-9-7-8-10-25(21)27-26(30(2,3)4)28(33-29(32-27)34-41(38,39)24-19-31-36(6)20-24)40-23-13-11-22(12-14-23)37-17-15-35(5)16-18-37/h7-14,19-20H,15-18H2,1-6H3,(H,32,33,34). The number of anilines is 2. The van der Waals surface area contributed by atoms with E-state index < -0.39 is 15.4 Å². The topological polar surface area (TPSA) is 105 Å². The van der Waals surface area contributed by atoms with Crippen LogP contribution < -0.4 is 14.4 Å².